The Bertz CT molecular complexity index is 1780. The van der Waals surface area contributed by atoms with Crippen molar-refractivity contribution in [1.82, 2.24) is 5.32 Å². The van der Waals surface area contributed by atoms with Crippen LogP contribution < -0.4 is 21.1 Å². The summed E-state index contributed by atoms with van der Waals surface area (Å²) in [4.78, 5) is 40.6. The number of benzene rings is 3. The molecule has 1 aliphatic rings. The highest BCUT2D eigenvalue weighted by Gasteiger charge is 2.27. The molecule has 0 bridgehead atoms. The number of carbonyl (C=O) groups excluding carboxylic acids is 3. The van der Waals surface area contributed by atoms with E-state index in [1.54, 1.807) is 24.3 Å². The van der Waals surface area contributed by atoms with Gasteiger partial charge in [0.25, 0.3) is 11.8 Å². The van der Waals surface area contributed by atoms with Gasteiger partial charge in [-0.25, -0.2) is 9.18 Å². The second-order valence-electron chi connectivity index (χ2n) is 10.4. The van der Waals surface area contributed by atoms with Crippen LogP contribution in [0.1, 0.15) is 56.0 Å². The Morgan fingerprint density at radius 2 is 1.79 bits per heavy atom. The maximum Gasteiger partial charge on any atom is 0.338 e. The number of esters is 1. The third-order valence-electron chi connectivity index (χ3n) is 6.90. The van der Waals surface area contributed by atoms with E-state index in [0.29, 0.717) is 35.6 Å². The van der Waals surface area contributed by atoms with Gasteiger partial charge in [-0.3, -0.25) is 15.0 Å². The van der Waals surface area contributed by atoms with Crippen molar-refractivity contribution >= 4 is 40.6 Å². The number of methoxy groups -OCH3 is 1. The van der Waals surface area contributed by atoms with Gasteiger partial charge in [0, 0.05) is 39.4 Å². The minimum Gasteiger partial charge on any atom is -0.488 e. The van der Waals surface area contributed by atoms with Crippen molar-refractivity contribution < 1.29 is 28.2 Å². The highest BCUT2D eigenvalue weighted by atomic mass is 32.1. The van der Waals surface area contributed by atoms with Crippen LogP contribution in [-0.4, -0.2) is 37.3 Å². The Morgan fingerprint density at radius 3 is 2.49 bits per heavy atom. The van der Waals surface area contributed by atoms with Crippen molar-refractivity contribution in [3.63, 3.8) is 0 Å². The van der Waals surface area contributed by atoms with E-state index in [1.165, 1.54) is 36.6 Å². The largest absolute Gasteiger partial charge is 0.488 e. The number of hydrogen-bond donors (Lipinski definition) is 4. The SMILES string of the molecule is COC(=O)c1cc(C(=O)NCC(C)C)ccc1-c1cc2c(cc1C(=O)Nc1ccc(C(=N)N)c(F)c1)-c1sccc1CO2. The molecule has 0 saturated carbocycles. The molecule has 220 valence electrons. The highest BCUT2D eigenvalue weighted by Crippen LogP contribution is 2.45. The van der Waals surface area contributed by atoms with Crippen LogP contribution >= 0.6 is 11.3 Å². The van der Waals surface area contributed by atoms with Crippen LogP contribution in [0, 0.1) is 17.1 Å². The summed E-state index contributed by atoms with van der Waals surface area (Å²) >= 11 is 1.51. The Kier molecular flexibility index (Phi) is 8.27. The standard InChI is InChI=1S/C32H29FN4O5S/c1-16(2)14-36-30(38)17-4-6-20(24(10-17)32(40)41-3)22-13-27-25(28-18(15-42-27)8-9-43-28)12-23(22)31(39)37-19-5-7-21(29(34)35)26(33)11-19/h4-13,16H,14-15H2,1-3H3,(H3,34,35)(H,36,38)(H,37,39). The van der Waals surface area contributed by atoms with Crippen molar-refractivity contribution in [2.24, 2.45) is 11.7 Å². The molecule has 3 aromatic carbocycles. The fourth-order valence-electron chi connectivity index (χ4n) is 4.74. The molecular formula is C32H29FN4O5S. The van der Waals surface area contributed by atoms with Gasteiger partial charge in [0.05, 0.1) is 18.2 Å². The third kappa shape index (κ3) is 5.98. The number of hydrogen-bond acceptors (Lipinski definition) is 7. The van der Waals surface area contributed by atoms with Gasteiger partial charge in [-0.1, -0.05) is 19.9 Å². The molecule has 0 radical (unpaired) electrons. The molecular weight excluding hydrogens is 571 g/mol. The van der Waals surface area contributed by atoms with E-state index in [-0.39, 0.29) is 39.8 Å². The molecule has 1 aromatic heterocycles. The summed E-state index contributed by atoms with van der Waals surface area (Å²) in [6, 6.07) is 13.8. The molecule has 9 nitrogen and oxygen atoms in total. The van der Waals surface area contributed by atoms with E-state index in [9.17, 15) is 18.8 Å². The number of anilines is 1. The Morgan fingerprint density at radius 1 is 1.00 bits per heavy atom. The lowest BCUT2D eigenvalue weighted by Crippen LogP contribution is -2.27. The molecule has 43 heavy (non-hydrogen) atoms. The molecule has 0 atom stereocenters. The number of nitrogen functional groups attached to an aromatic ring is 1. The van der Waals surface area contributed by atoms with E-state index < -0.39 is 23.5 Å². The summed E-state index contributed by atoms with van der Waals surface area (Å²) in [5, 5.41) is 15.0. The predicted octanol–water partition coefficient (Wildman–Crippen LogP) is 5.82. The van der Waals surface area contributed by atoms with Crippen LogP contribution in [0.25, 0.3) is 21.6 Å². The zero-order valence-electron chi connectivity index (χ0n) is 23.7. The average molecular weight is 601 g/mol. The monoisotopic (exact) mass is 600 g/mol. The van der Waals surface area contributed by atoms with E-state index in [0.717, 1.165) is 16.5 Å². The molecule has 1 aliphatic heterocycles. The topological polar surface area (TPSA) is 144 Å². The van der Waals surface area contributed by atoms with E-state index in [4.69, 9.17) is 20.6 Å². The molecule has 2 heterocycles. The fourth-order valence-corrected chi connectivity index (χ4v) is 5.67. The first-order valence-electron chi connectivity index (χ1n) is 13.4. The lowest BCUT2D eigenvalue weighted by molar-refractivity contribution is 0.0601. The number of fused-ring (bicyclic) bond motifs is 3. The number of thiophene rings is 1. The van der Waals surface area contributed by atoms with Gasteiger partial charge in [0.2, 0.25) is 0 Å². The van der Waals surface area contributed by atoms with Gasteiger partial charge in [-0.05, 0) is 71.0 Å². The van der Waals surface area contributed by atoms with Gasteiger partial charge in [0.15, 0.2) is 0 Å². The first kappa shape index (κ1) is 29.5. The number of amidine groups is 1. The van der Waals surface area contributed by atoms with Crippen LogP contribution in [0.4, 0.5) is 10.1 Å². The molecule has 2 amide bonds. The summed E-state index contributed by atoms with van der Waals surface area (Å²) in [7, 11) is 1.23. The van der Waals surface area contributed by atoms with Crippen LogP contribution in [0.5, 0.6) is 5.75 Å². The number of carbonyl (C=O) groups is 3. The Hall–Kier alpha value is -5.03. The number of ether oxygens (including phenoxy) is 2. The van der Waals surface area contributed by atoms with Crippen molar-refractivity contribution in [1.29, 1.82) is 5.41 Å². The molecule has 11 heteroatoms. The summed E-state index contributed by atoms with van der Waals surface area (Å²) in [6.07, 6.45) is 0. The van der Waals surface area contributed by atoms with Crippen LogP contribution in [0.15, 0.2) is 60.0 Å². The minimum atomic E-state index is -0.757. The van der Waals surface area contributed by atoms with Crippen LogP contribution in [0.2, 0.25) is 0 Å². The normalized spacial score (nSPS) is 11.7. The van der Waals surface area contributed by atoms with Crippen molar-refractivity contribution in [3.05, 3.63) is 93.6 Å². The maximum absolute atomic E-state index is 14.6. The summed E-state index contributed by atoms with van der Waals surface area (Å²) in [6.45, 7) is 4.75. The second kappa shape index (κ2) is 12.1. The van der Waals surface area contributed by atoms with Crippen molar-refractivity contribution in [2.45, 2.75) is 20.5 Å². The van der Waals surface area contributed by atoms with Crippen LogP contribution in [0.3, 0.4) is 0 Å². The molecule has 0 saturated heterocycles. The Balaban J connectivity index is 1.64. The quantitative estimate of drug-likeness (QED) is 0.114. The smallest absolute Gasteiger partial charge is 0.338 e. The average Bonchev–Trinajstić information content (AvgIpc) is 3.48. The molecule has 0 fully saturated rings. The molecule has 0 spiro atoms. The van der Waals surface area contributed by atoms with E-state index >= 15 is 0 Å². The number of amides is 2. The van der Waals surface area contributed by atoms with Gasteiger partial charge in [-0.15, -0.1) is 11.3 Å². The Labute approximate surface area is 251 Å². The van der Waals surface area contributed by atoms with E-state index in [2.05, 4.69) is 10.6 Å². The minimum absolute atomic E-state index is 0.0816. The van der Waals surface area contributed by atoms with Gasteiger partial charge in [-0.2, -0.15) is 0 Å². The summed E-state index contributed by atoms with van der Waals surface area (Å²) < 4.78 is 25.6. The van der Waals surface area contributed by atoms with Gasteiger partial charge < -0.3 is 25.8 Å². The van der Waals surface area contributed by atoms with Crippen molar-refractivity contribution in [2.75, 3.05) is 19.0 Å². The first-order valence-corrected chi connectivity index (χ1v) is 14.3. The highest BCUT2D eigenvalue weighted by molar-refractivity contribution is 7.13. The lowest BCUT2D eigenvalue weighted by atomic mass is 9.90. The molecule has 4 aromatic rings. The summed E-state index contributed by atoms with van der Waals surface area (Å²) in [5.74, 6) is -2.06. The summed E-state index contributed by atoms with van der Waals surface area (Å²) in [5.41, 5.74) is 8.39. The number of nitrogens with two attached hydrogens (primary N) is 1. The molecule has 0 aliphatic carbocycles. The first-order chi connectivity index (χ1) is 20.6. The third-order valence-corrected chi connectivity index (χ3v) is 7.89. The zero-order chi connectivity index (χ0) is 30.8. The van der Waals surface area contributed by atoms with Gasteiger partial charge >= 0.3 is 5.97 Å². The predicted molar refractivity (Wildman–Crippen MR) is 163 cm³/mol. The van der Waals surface area contributed by atoms with Gasteiger partial charge in [0.1, 0.15) is 24.0 Å². The maximum atomic E-state index is 14.6. The number of halogens is 1. The lowest BCUT2D eigenvalue weighted by Gasteiger charge is -2.22. The second-order valence-corrected chi connectivity index (χ2v) is 11.3. The van der Waals surface area contributed by atoms with Crippen molar-refractivity contribution in [3.8, 4) is 27.3 Å². The molecule has 0 unspecified atom stereocenters. The molecule has 5 rings (SSSR count). The zero-order valence-corrected chi connectivity index (χ0v) is 24.5. The number of rotatable bonds is 8. The fraction of sp³-hybridized carbons (Fsp3) is 0.188. The number of nitrogens with one attached hydrogen (secondary N) is 3. The molecule has 5 N–H and O–H groups in total. The van der Waals surface area contributed by atoms with Crippen LogP contribution in [-0.2, 0) is 11.3 Å². The van der Waals surface area contributed by atoms with E-state index in [1.807, 2.05) is 25.3 Å².